The molecule has 4 rings (SSSR count). The monoisotopic (exact) mass is 494 g/mol. The number of phenolic OH excluding ortho intramolecular Hbond substituents is 1. The van der Waals surface area contributed by atoms with Crippen LogP contribution >= 0.6 is 0 Å². The molecule has 3 aliphatic carbocycles. The topological polar surface area (TPSA) is 161 Å². The third-order valence-electron chi connectivity index (χ3n) is 7.67. The van der Waals surface area contributed by atoms with Crippen molar-refractivity contribution in [2.45, 2.75) is 44.8 Å². The van der Waals surface area contributed by atoms with Gasteiger partial charge in [0.25, 0.3) is 5.91 Å². The molecule has 0 saturated carbocycles. The van der Waals surface area contributed by atoms with Crippen molar-refractivity contribution in [1.29, 1.82) is 0 Å². The number of likely N-dealkylation sites (N-methyl/N-ethyl adjacent to an activating group) is 1. The van der Waals surface area contributed by atoms with E-state index >= 15 is 0 Å². The van der Waals surface area contributed by atoms with Crippen LogP contribution in [0.4, 0.5) is 0 Å². The molecule has 1 aromatic carbocycles. The van der Waals surface area contributed by atoms with Gasteiger partial charge in [-0.3, -0.25) is 19.3 Å². The van der Waals surface area contributed by atoms with Gasteiger partial charge in [0.15, 0.2) is 11.4 Å². The number of carbonyl (C=O) groups excluding carboxylic acids is 3. The first kappa shape index (κ1) is 25.5. The first-order chi connectivity index (χ1) is 16.9. The fraction of sp³-hybridized carbons (Fsp3) is 0.444. The number of amides is 1. The minimum atomic E-state index is -2.64. The number of allylic oxidation sites excluding steroid dienone is 1. The van der Waals surface area contributed by atoms with Crippen LogP contribution in [0.25, 0.3) is 0 Å². The highest BCUT2D eigenvalue weighted by molar-refractivity contribution is 6.24. The standard InChI is InChI=1S/C27H30N2O7/c1-5-12(2)6-7-13-8-9-17(30)19-15(13)10-14-11-16-21(29(3)4)23(32)20(26(28)35)25(34)27(16,36)24(33)18(14)22(19)31/h8-9,12,14,16,21,30,32-33,36H,5,10-11H2,1-4H3,(H2,28,35)/t12?,14-,16-,21-,27-/m0/s1. The van der Waals surface area contributed by atoms with Crippen molar-refractivity contribution >= 4 is 17.5 Å². The van der Waals surface area contributed by atoms with Crippen molar-refractivity contribution in [3.63, 3.8) is 0 Å². The fourth-order valence-corrected chi connectivity index (χ4v) is 5.67. The molecular weight excluding hydrogens is 464 g/mol. The molecule has 1 aromatic rings. The molecule has 0 bridgehead atoms. The Bertz CT molecular complexity index is 1310. The lowest BCUT2D eigenvalue weighted by Gasteiger charge is -2.50. The van der Waals surface area contributed by atoms with E-state index in [1.807, 2.05) is 13.8 Å². The molecule has 190 valence electrons. The van der Waals surface area contributed by atoms with Gasteiger partial charge in [-0.05, 0) is 57.0 Å². The number of fused-ring (bicyclic) bond motifs is 3. The maximum Gasteiger partial charge on any atom is 0.255 e. The second kappa shape index (κ2) is 8.80. The first-order valence-electron chi connectivity index (χ1n) is 11.9. The van der Waals surface area contributed by atoms with Gasteiger partial charge in [0.05, 0.1) is 11.6 Å². The number of ketones is 2. The third kappa shape index (κ3) is 3.52. The number of aromatic hydroxyl groups is 1. The predicted octanol–water partition coefficient (Wildman–Crippen LogP) is 1.52. The molecule has 36 heavy (non-hydrogen) atoms. The molecule has 5 atom stereocenters. The number of primary amides is 1. The van der Waals surface area contributed by atoms with Crippen LogP contribution < -0.4 is 5.73 Å². The number of Topliss-reactive ketones (excluding diaryl/α,β-unsaturated/α-hetero) is 2. The van der Waals surface area contributed by atoms with E-state index in [1.165, 1.54) is 11.0 Å². The van der Waals surface area contributed by atoms with Crippen molar-refractivity contribution in [3.05, 3.63) is 51.5 Å². The lowest BCUT2D eigenvalue weighted by atomic mass is 9.58. The summed E-state index contributed by atoms with van der Waals surface area (Å²) >= 11 is 0. The van der Waals surface area contributed by atoms with Crippen LogP contribution in [0.2, 0.25) is 0 Å². The van der Waals surface area contributed by atoms with E-state index in [-0.39, 0.29) is 35.6 Å². The molecule has 1 unspecified atom stereocenters. The average Bonchev–Trinajstić information content (AvgIpc) is 2.80. The molecule has 0 spiro atoms. The number of aliphatic hydroxyl groups is 3. The van der Waals surface area contributed by atoms with E-state index < -0.39 is 58.0 Å². The number of carbonyl (C=O) groups is 3. The molecule has 6 N–H and O–H groups in total. The summed E-state index contributed by atoms with van der Waals surface area (Å²) < 4.78 is 0. The molecule has 0 saturated heterocycles. The van der Waals surface area contributed by atoms with Gasteiger partial charge in [0.2, 0.25) is 5.78 Å². The largest absolute Gasteiger partial charge is 0.510 e. The van der Waals surface area contributed by atoms with E-state index in [1.54, 1.807) is 20.2 Å². The molecule has 9 heteroatoms. The smallest absolute Gasteiger partial charge is 0.255 e. The number of nitrogens with two attached hydrogens (primary N) is 1. The zero-order valence-electron chi connectivity index (χ0n) is 20.6. The summed E-state index contributed by atoms with van der Waals surface area (Å²) in [5, 5.41) is 44.2. The Morgan fingerprint density at radius 2 is 1.92 bits per heavy atom. The third-order valence-corrected chi connectivity index (χ3v) is 7.67. The molecule has 0 radical (unpaired) electrons. The van der Waals surface area contributed by atoms with Crippen LogP contribution in [0.5, 0.6) is 5.75 Å². The van der Waals surface area contributed by atoms with E-state index in [0.717, 1.165) is 6.42 Å². The van der Waals surface area contributed by atoms with Crippen LogP contribution in [0.15, 0.2) is 34.8 Å². The van der Waals surface area contributed by atoms with Crippen molar-refractivity contribution in [1.82, 2.24) is 4.90 Å². The van der Waals surface area contributed by atoms with Gasteiger partial charge in [-0.2, -0.15) is 0 Å². The van der Waals surface area contributed by atoms with E-state index in [4.69, 9.17) is 5.73 Å². The normalized spacial score (nSPS) is 28.2. The summed E-state index contributed by atoms with van der Waals surface area (Å²) in [5.74, 6) is -0.315. The summed E-state index contributed by atoms with van der Waals surface area (Å²) in [7, 11) is 3.18. The van der Waals surface area contributed by atoms with Crippen LogP contribution in [0.3, 0.4) is 0 Å². The summed E-state index contributed by atoms with van der Waals surface area (Å²) in [5.41, 5.74) is 2.76. The van der Waals surface area contributed by atoms with Crippen molar-refractivity contribution in [2.75, 3.05) is 14.1 Å². The summed E-state index contributed by atoms with van der Waals surface area (Å²) in [6.45, 7) is 3.99. The number of benzene rings is 1. The summed E-state index contributed by atoms with van der Waals surface area (Å²) in [6, 6.07) is 1.98. The lowest BCUT2D eigenvalue weighted by molar-refractivity contribution is -0.148. The SMILES string of the molecule is CCC(C)C#Cc1ccc(O)c2c1C[C@H]1C[C@H]3[C@H](N(C)C)C(O)=C(C(N)=O)C(=O)[C@@]3(O)C(O)=C1C2=O. The highest BCUT2D eigenvalue weighted by Crippen LogP contribution is 2.52. The number of rotatable bonds is 3. The van der Waals surface area contributed by atoms with Crippen LogP contribution in [0.1, 0.15) is 48.2 Å². The molecule has 0 heterocycles. The maximum atomic E-state index is 13.6. The van der Waals surface area contributed by atoms with Gasteiger partial charge in [-0.25, -0.2) is 0 Å². The van der Waals surface area contributed by atoms with Crippen molar-refractivity contribution < 1.29 is 34.8 Å². The number of hydrogen-bond donors (Lipinski definition) is 5. The maximum absolute atomic E-state index is 13.6. The summed E-state index contributed by atoms with van der Waals surface area (Å²) in [4.78, 5) is 40.5. The molecule has 1 amide bonds. The van der Waals surface area contributed by atoms with Crippen molar-refractivity contribution in [3.8, 4) is 17.6 Å². The lowest BCUT2D eigenvalue weighted by Crippen LogP contribution is -2.63. The van der Waals surface area contributed by atoms with Crippen LogP contribution in [-0.2, 0) is 16.0 Å². The van der Waals surface area contributed by atoms with Gasteiger partial charge in [-0.1, -0.05) is 25.7 Å². The second-order valence-electron chi connectivity index (χ2n) is 10.0. The van der Waals surface area contributed by atoms with Gasteiger partial charge in [0, 0.05) is 23.0 Å². The second-order valence-corrected chi connectivity index (χ2v) is 10.0. The molecule has 9 nitrogen and oxygen atoms in total. The zero-order valence-corrected chi connectivity index (χ0v) is 20.6. The molecular formula is C27H30N2O7. The number of phenols is 1. The van der Waals surface area contributed by atoms with E-state index in [9.17, 15) is 34.8 Å². The fourth-order valence-electron chi connectivity index (χ4n) is 5.67. The predicted molar refractivity (Wildman–Crippen MR) is 130 cm³/mol. The molecule has 0 fully saturated rings. The van der Waals surface area contributed by atoms with E-state index in [0.29, 0.717) is 11.1 Å². The van der Waals surface area contributed by atoms with Gasteiger partial charge in [0.1, 0.15) is 22.8 Å². The first-order valence-corrected chi connectivity index (χ1v) is 11.9. The van der Waals surface area contributed by atoms with E-state index in [2.05, 4.69) is 11.8 Å². The van der Waals surface area contributed by atoms with Crippen molar-refractivity contribution in [2.24, 2.45) is 23.5 Å². The van der Waals surface area contributed by atoms with Gasteiger partial charge < -0.3 is 26.2 Å². The average molecular weight is 495 g/mol. The number of aliphatic hydroxyl groups excluding tert-OH is 2. The van der Waals surface area contributed by atoms with Crippen LogP contribution in [-0.4, -0.2) is 68.5 Å². The van der Waals surface area contributed by atoms with Gasteiger partial charge in [-0.15, -0.1) is 0 Å². The Kier molecular flexibility index (Phi) is 6.23. The minimum absolute atomic E-state index is 0.0354. The molecule has 0 aromatic heterocycles. The number of hydrogen-bond acceptors (Lipinski definition) is 8. The quantitative estimate of drug-likeness (QED) is 0.312. The number of nitrogens with zero attached hydrogens (tertiary/aromatic N) is 1. The highest BCUT2D eigenvalue weighted by atomic mass is 16.3. The van der Waals surface area contributed by atoms with Gasteiger partial charge >= 0.3 is 0 Å². The molecule has 3 aliphatic rings. The Morgan fingerprint density at radius 3 is 2.50 bits per heavy atom. The Morgan fingerprint density at radius 1 is 1.25 bits per heavy atom. The molecule has 0 aliphatic heterocycles. The highest BCUT2D eigenvalue weighted by Gasteiger charge is 2.63. The van der Waals surface area contributed by atoms with Crippen LogP contribution in [0, 0.1) is 29.6 Å². The Labute approximate surface area is 208 Å². The Hall–Kier alpha value is -3.61. The Balaban J connectivity index is 1.93. The zero-order chi connectivity index (χ0) is 26.7. The minimum Gasteiger partial charge on any atom is -0.510 e. The summed E-state index contributed by atoms with van der Waals surface area (Å²) in [6.07, 6.45) is 1.10.